The van der Waals surface area contributed by atoms with Gasteiger partial charge in [0.1, 0.15) is 0 Å². The van der Waals surface area contributed by atoms with Gasteiger partial charge in [-0.05, 0) is 84.9 Å². The number of hydrogen-bond donors (Lipinski definition) is 0. The molecule has 5 heterocycles. The highest BCUT2D eigenvalue weighted by atomic mass is 15.1. The largest absolute Gasteiger partial charge is 0.309 e. The second-order valence-electron chi connectivity index (χ2n) is 19.6. The van der Waals surface area contributed by atoms with Gasteiger partial charge in [0, 0.05) is 82.5 Å². The molecule has 0 fully saturated rings. The summed E-state index contributed by atoms with van der Waals surface area (Å²) in [4.78, 5) is 15.5. The summed E-state index contributed by atoms with van der Waals surface area (Å²) in [6.07, 6.45) is 0. The second kappa shape index (κ2) is 16.6. The van der Waals surface area contributed by atoms with Gasteiger partial charge >= 0.3 is 0 Å². The van der Waals surface area contributed by atoms with E-state index in [1.807, 2.05) is 36.4 Å². The van der Waals surface area contributed by atoms with E-state index in [-0.39, 0.29) is 0 Å². The SMILES string of the molecule is c1ccc(-c2nc(-c3ccccc3)nc(-c3ccc4c5c(ccc6c7ccccc7n(-c7ccccc7)c65)n(-c5ccc6c(c5)c5c(ccc7c8ccccc8n(-c8ccccc8)c75)n6-c5ccccc5)c4c3)n2)cc1. The van der Waals surface area contributed by atoms with Crippen LogP contribution in [0.2, 0.25) is 0 Å². The zero-order chi connectivity index (χ0) is 49.8. The molecule has 16 rings (SSSR count). The zero-order valence-corrected chi connectivity index (χ0v) is 41.0. The van der Waals surface area contributed by atoms with Gasteiger partial charge in [-0.25, -0.2) is 15.0 Å². The first-order valence-electron chi connectivity index (χ1n) is 25.8. The highest BCUT2D eigenvalue weighted by Gasteiger charge is 2.25. The summed E-state index contributed by atoms with van der Waals surface area (Å²) in [6, 6.07) is 93.4. The van der Waals surface area contributed by atoms with E-state index in [1.54, 1.807) is 0 Å². The van der Waals surface area contributed by atoms with Crippen LogP contribution in [0.3, 0.4) is 0 Å². The molecule has 76 heavy (non-hydrogen) atoms. The Balaban J connectivity index is 1.05. The zero-order valence-electron chi connectivity index (χ0n) is 41.0. The molecule has 7 nitrogen and oxygen atoms in total. The molecule has 16 aromatic rings. The minimum atomic E-state index is 0.604. The van der Waals surface area contributed by atoms with Gasteiger partial charge in [-0.1, -0.05) is 176 Å². The van der Waals surface area contributed by atoms with Crippen LogP contribution < -0.4 is 0 Å². The van der Waals surface area contributed by atoms with Gasteiger partial charge in [-0.3, -0.25) is 0 Å². The minimum Gasteiger partial charge on any atom is -0.309 e. The molecule has 354 valence electrons. The van der Waals surface area contributed by atoms with Gasteiger partial charge in [0.2, 0.25) is 0 Å². The van der Waals surface area contributed by atoms with Crippen molar-refractivity contribution in [1.29, 1.82) is 0 Å². The summed E-state index contributed by atoms with van der Waals surface area (Å²) in [7, 11) is 0. The molecular weight excluding hydrogens is 927 g/mol. The van der Waals surface area contributed by atoms with Gasteiger partial charge in [0.25, 0.3) is 0 Å². The maximum Gasteiger partial charge on any atom is 0.164 e. The fraction of sp³-hybridized carbons (Fsp3) is 0. The van der Waals surface area contributed by atoms with E-state index >= 15 is 0 Å². The van der Waals surface area contributed by atoms with E-state index < -0.39 is 0 Å². The van der Waals surface area contributed by atoms with Crippen molar-refractivity contribution in [2.45, 2.75) is 0 Å². The van der Waals surface area contributed by atoms with Crippen LogP contribution in [0.4, 0.5) is 0 Å². The van der Waals surface area contributed by atoms with Gasteiger partial charge < -0.3 is 18.3 Å². The van der Waals surface area contributed by atoms with Crippen LogP contribution in [0.15, 0.2) is 261 Å². The Bertz CT molecular complexity index is 4900. The Kier molecular flexibility index (Phi) is 9.20. The van der Waals surface area contributed by atoms with Crippen LogP contribution in [0.1, 0.15) is 0 Å². The molecule has 0 aliphatic heterocycles. The lowest BCUT2D eigenvalue weighted by molar-refractivity contribution is 1.07. The first-order chi connectivity index (χ1) is 37.7. The van der Waals surface area contributed by atoms with Crippen molar-refractivity contribution in [2.24, 2.45) is 0 Å². The number of aromatic nitrogens is 7. The molecule has 0 saturated heterocycles. The van der Waals surface area contributed by atoms with E-state index in [4.69, 9.17) is 15.0 Å². The second-order valence-corrected chi connectivity index (χ2v) is 19.6. The van der Waals surface area contributed by atoms with Crippen molar-refractivity contribution >= 4 is 87.2 Å². The molecule has 0 saturated carbocycles. The first-order valence-corrected chi connectivity index (χ1v) is 25.8. The van der Waals surface area contributed by atoms with Crippen molar-refractivity contribution in [1.82, 2.24) is 33.2 Å². The summed E-state index contributed by atoms with van der Waals surface area (Å²) in [5.74, 6) is 1.85. The normalized spacial score (nSPS) is 11.9. The molecule has 7 heteroatoms. The predicted molar refractivity (Wildman–Crippen MR) is 313 cm³/mol. The third-order valence-corrected chi connectivity index (χ3v) is 15.4. The molecule has 0 atom stereocenters. The molecule has 0 spiro atoms. The molecule has 0 amide bonds. The quantitative estimate of drug-likeness (QED) is 0.160. The van der Waals surface area contributed by atoms with E-state index in [1.165, 1.54) is 43.4 Å². The van der Waals surface area contributed by atoms with Gasteiger partial charge in [-0.2, -0.15) is 0 Å². The number of fused-ring (bicyclic) bond motifs is 14. The molecule has 0 bridgehead atoms. The number of nitrogens with zero attached hydrogens (tertiary/aromatic N) is 7. The van der Waals surface area contributed by atoms with Crippen molar-refractivity contribution < 1.29 is 0 Å². The summed E-state index contributed by atoms with van der Waals surface area (Å²) in [5.41, 5.74) is 16.2. The van der Waals surface area contributed by atoms with Gasteiger partial charge in [0.15, 0.2) is 17.5 Å². The molecule has 0 aliphatic carbocycles. The lowest BCUT2D eigenvalue weighted by atomic mass is 10.1. The van der Waals surface area contributed by atoms with E-state index in [2.05, 4.69) is 243 Å². The standard InChI is InChI=1S/C69H43N7/c1-6-20-44(21-7-1)67-70-68(45-22-8-2-9-23-45)72-69(71-67)46-34-36-55-62(42-46)74(60-40-37-53-51-30-16-18-32-57(51)75(65(53)63(55)60)48-26-12-4-13-27-48)50-35-39-59-56(43-50)64-61(73(59)47-24-10-3-11-25-47)41-38-54-52-31-17-19-33-58(52)76(66(54)64)49-28-14-5-15-29-49/h1-43H. The third-order valence-electron chi connectivity index (χ3n) is 15.4. The molecule has 0 radical (unpaired) electrons. The fourth-order valence-electron chi connectivity index (χ4n) is 12.1. The van der Waals surface area contributed by atoms with Gasteiger partial charge in [-0.15, -0.1) is 0 Å². The Morgan fingerprint density at radius 3 is 1.11 bits per heavy atom. The average Bonchev–Trinajstić information content (AvgIpc) is 4.33. The molecular formula is C69H43N7. The lowest BCUT2D eigenvalue weighted by Crippen LogP contribution is -2.00. The Labute approximate surface area is 436 Å². The van der Waals surface area contributed by atoms with Crippen LogP contribution in [0, 0.1) is 0 Å². The number of rotatable bonds is 7. The maximum absolute atomic E-state index is 5.24. The van der Waals surface area contributed by atoms with E-state index in [0.29, 0.717) is 17.5 Å². The minimum absolute atomic E-state index is 0.604. The number of hydrogen-bond acceptors (Lipinski definition) is 3. The van der Waals surface area contributed by atoms with Crippen molar-refractivity contribution in [3.8, 4) is 56.9 Å². The highest BCUT2D eigenvalue weighted by molar-refractivity contribution is 6.28. The summed E-state index contributed by atoms with van der Waals surface area (Å²) >= 11 is 0. The Morgan fingerprint density at radius 2 is 0.592 bits per heavy atom. The maximum atomic E-state index is 5.24. The fourth-order valence-corrected chi connectivity index (χ4v) is 12.1. The molecule has 5 aromatic heterocycles. The van der Waals surface area contributed by atoms with Crippen LogP contribution in [0.25, 0.3) is 144 Å². The van der Waals surface area contributed by atoms with E-state index in [9.17, 15) is 0 Å². The molecule has 11 aromatic carbocycles. The van der Waals surface area contributed by atoms with Crippen molar-refractivity contribution in [3.63, 3.8) is 0 Å². The average molecular weight is 970 g/mol. The lowest BCUT2D eigenvalue weighted by Gasteiger charge is -2.12. The van der Waals surface area contributed by atoms with Crippen LogP contribution in [-0.2, 0) is 0 Å². The molecule has 0 N–H and O–H groups in total. The molecule has 0 aliphatic rings. The van der Waals surface area contributed by atoms with Gasteiger partial charge in [0.05, 0.1) is 44.1 Å². The Hall–Kier alpha value is -10.4. The Morgan fingerprint density at radius 1 is 0.211 bits per heavy atom. The number of benzene rings is 11. The van der Waals surface area contributed by atoms with E-state index in [0.717, 1.165) is 83.3 Å². The third kappa shape index (κ3) is 6.26. The first kappa shape index (κ1) is 42.2. The summed E-state index contributed by atoms with van der Waals surface area (Å²) in [5, 5.41) is 9.49. The van der Waals surface area contributed by atoms with Crippen molar-refractivity contribution in [3.05, 3.63) is 261 Å². The smallest absolute Gasteiger partial charge is 0.164 e. The molecule has 0 unspecified atom stereocenters. The van der Waals surface area contributed by atoms with Crippen molar-refractivity contribution in [2.75, 3.05) is 0 Å². The monoisotopic (exact) mass is 969 g/mol. The number of para-hydroxylation sites is 5. The predicted octanol–water partition coefficient (Wildman–Crippen LogP) is 17.3. The van der Waals surface area contributed by atoms with Crippen LogP contribution in [0.5, 0.6) is 0 Å². The summed E-state index contributed by atoms with van der Waals surface area (Å²) < 4.78 is 9.81. The topological polar surface area (TPSA) is 58.4 Å². The summed E-state index contributed by atoms with van der Waals surface area (Å²) in [6.45, 7) is 0. The highest BCUT2D eigenvalue weighted by Crippen LogP contribution is 2.46. The van der Waals surface area contributed by atoms with Crippen LogP contribution >= 0.6 is 0 Å². The van der Waals surface area contributed by atoms with Crippen LogP contribution in [-0.4, -0.2) is 33.2 Å².